The molecule has 112 valence electrons. The number of fused-ring (bicyclic) bond motifs is 1. The second-order valence-corrected chi connectivity index (χ2v) is 5.24. The average Bonchev–Trinajstić information content (AvgIpc) is 2.93. The van der Waals surface area contributed by atoms with E-state index in [0.717, 1.165) is 11.4 Å². The van der Waals surface area contributed by atoms with Gasteiger partial charge in [0.2, 0.25) is 0 Å². The molecule has 6 nitrogen and oxygen atoms in total. The summed E-state index contributed by atoms with van der Waals surface area (Å²) < 4.78 is 1.62. The number of rotatable bonds is 3. The first kappa shape index (κ1) is 13.9. The third kappa shape index (κ3) is 2.24. The summed E-state index contributed by atoms with van der Waals surface area (Å²) in [6.45, 7) is 0. The van der Waals surface area contributed by atoms with Crippen molar-refractivity contribution in [3.63, 3.8) is 0 Å². The highest BCUT2D eigenvalue weighted by atomic mass is 16.3. The van der Waals surface area contributed by atoms with Crippen molar-refractivity contribution in [3.05, 3.63) is 48.2 Å². The van der Waals surface area contributed by atoms with Gasteiger partial charge in [-0.25, -0.2) is 4.68 Å². The summed E-state index contributed by atoms with van der Waals surface area (Å²) in [4.78, 5) is 13.5. The van der Waals surface area contributed by atoms with Crippen molar-refractivity contribution in [1.29, 1.82) is 0 Å². The van der Waals surface area contributed by atoms with Crippen LogP contribution in [0.5, 0.6) is 5.75 Å². The van der Waals surface area contributed by atoms with Gasteiger partial charge >= 0.3 is 0 Å². The minimum absolute atomic E-state index is 0.0659. The van der Waals surface area contributed by atoms with Crippen LogP contribution >= 0.6 is 0 Å². The molecule has 6 heteroatoms. The standard InChI is InChI=1S/C16H16N4O2/c1-19(2)10-3-5-11(6-4-10)20-9-13-14(21)8-7-12(16(17)22)15(13)18-20/h3-9,21H,1-2H3,(H2,17,22). The third-order valence-corrected chi connectivity index (χ3v) is 3.55. The number of benzene rings is 2. The van der Waals surface area contributed by atoms with Gasteiger partial charge in [0.15, 0.2) is 0 Å². The van der Waals surface area contributed by atoms with E-state index in [2.05, 4.69) is 5.10 Å². The van der Waals surface area contributed by atoms with E-state index in [0.29, 0.717) is 10.9 Å². The summed E-state index contributed by atoms with van der Waals surface area (Å²) in [6.07, 6.45) is 1.68. The van der Waals surface area contributed by atoms with Crippen molar-refractivity contribution in [2.45, 2.75) is 0 Å². The number of amides is 1. The van der Waals surface area contributed by atoms with Gasteiger partial charge in [0.05, 0.1) is 16.6 Å². The summed E-state index contributed by atoms with van der Waals surface area (Å²) in [6, 6.07) is 10.7. The van der Waals surface area contributed by atoms with Crippen LogP contribution in [0.25, 0.3) is 16.6 Å². The van der Waals surface area contributed by atoms with Crippen LogP contribution in [0, 0.1) is 0 Å². The molecule has 1 aromatic heterocycles. The SMILES string of the molecule is CN(C)c1ccc(-n2cc3c(O)ccc(C(N)=O)c3n2)cc1. The average molecular weight is 296 g/mol. The van der Waals surface area contributed by atoms with E-state index in [1.165, 1.54) is 12.1 Å². The third-order valence-electron chi connectivity index (χ3n) is 3.55. The first-order valence-electron chi connectivity index (χ1n) is 6.76. The Labute approximate surface area is 127 Å². The Morgan fingerprint density at radius 1 is 1.18 bits per heavy atom. The lowest BCUT2D eigenvalue weighted by atomic mass is 10.1. The lowest BCUT2D eigenvalue weighted by Crippen LogP contribution is -2.11. The zero-order chi connectivity index (χ0) is 15.9. The summed E-state index contributed by atoms with van der Waals surface area (Å²) in [5.41, 5.74) is 7.94. The Bertz CT molecular complexity index is 850. The van der Waals surface area contributed by atoms with Crippen molar-refractivity contribution in [3.8, 4) is 11.4 Å². The zero-order valence-electron chi connectivity index (χ0n) is 12.3. The molecule has 0 radical (unpaired) electrons. The van der Waals surface area contributed by atoms with Gasteiger partial charge in [-0.1, -0.05) is 0 Å². The molecule has 2 aromatic carbocycles. The van der Waals surface area contributed by atoms with Crippen molar-refractivity contribution < 1.29 is 9.90 Å². The number of hydrogen-bond donors (Lipinski definition) is 2. The Balaban J connectivity index is 2.14. The Morgan fingerprint density at radius 3 is 2.45 bits per heavy atom. The number of phenols is 1. The molecule has 0 aliphatic carbocycles. The molecule has 22 heavy (non-hydrogen) atoms. The van der Waals surface area contributed by atoms with Crippen molar-refractivity contribution >= 4 is 22.5 Å². The highest BCUT2D eigenvalue weighted by Gasteiger charge is 2.14. The number of phenolic OH excluding ortho intramolecular Hbond substituents is 1. The maximum Gasteiger partial charge on any atom is 0.250 e. The first-order valence-corrected chi connectivity index (χ1v) is 6.76. The molecule has 0 unspecified atom stereocenters. The molecule has 3 rings (SSSR count). The molecule has 3 aromatic rings. The van der Waals surface area contributed by atoms with Crippen LogP contribution < -0.4 is 10.6 Å². The van der Waals surface area contributed by atoms with E-state index in [-0.39, 0.29) is 11.3 Å². The number of primary amides is 1. The predicted octanol–water partition coefficient (Wildman–Crippen LogP) is 1.90. The van der Waals surface area contributed by atoms with Crippen LogP contribution in [0.4, 0.5) is 5.69 Å². The summed E-state index contributed by atoms with van der Waals surface area (Å²) in [5, 5.41) is 14.8. The number of aromatic hydroxyl groups is 1. The van der Waals surface area contributed by atoms with E-state index < -0.39 is 5.91 Å². The monoisotopic (exact) mass is 296 g/mol. The Kier molecular flexibility index (Phi) is 3.21. The molecule has 1 amide bonds. The second-order valence-electron chi connectivity index (χ2n) is 5.24. The maximum atomic E-state index is 11.5. The van der Waals surface area contributed by atoms with Gasteiger partial charge in [0, 0.05) is 26.0 Å². The minimum atomic E-state index is -0.571. The highest BCUT2D eigenvalue weighted by molar-refractivity contribution is 6.06. The second kappa shape index (κ2) is 5.07. The zero-order valence-corrected chi connectivity index (χ0v) is 12.3. The lowest BCUT2D eigenvalue weighted by Gasteiger charge is -2.12. The Morgan fingerprint density at radius 2 is 1.86 bits per heavy atom. The number of carbonyl (C=O) groups is 1. The molecule has 0 aliphatic rings. The molecule has 0 fully saturated rings. The fraction of sp³-hybridized carbons (Fsp3) is 0.125. The van der Waals surface area contributed by atoms with Gasteiger partial charge in [-0.05, 0) is 36.4 Å². The molecule has 3 N–H and O–H groups in total. The molecule has 0 saturated carbocycles. The number of aromatic nitrogens is 2. The van der Waals surface area contributed by atoms with E-state index in [9.17, 15) is 9.90 Å². The topological polar surface area (TPSA) is 84.4 Å². The fourth-order valence-corrected chi connectivity index (χ4v) is 2.33. The largest absolute Gasteiger partial charge is 0.507 e. The van der Waals surface area contributed by atoms with E-state index in [1.807, 2.05) is 43.3 Å². The van der Waals surface area contributed by atoms with Gasteiger partial charge in [-0.15, -0.1) is 0 Å². The smallest absolute Gasteiger partial charge is 0.250 e. The van der Waals surface area contributed by atoms with E-state index in [4.69, 9.17) is 5.73 Å². The number of anilines is 1. The van der Waals surface area contributed by atoms with Crippen LogP contribution in [0.3, 0.4) is 0 Å². The van der Waals surface area contributed by atoms with Crippen molar-refractivity contribution in [2.24, 2.45) is 5.73 Å². The fourth-order valence-electron chi connectivity index (χ4n) is 2.33. The lowest BCUT2D eigenvalue weighted by molar-refractivity contribution is 0.100. The number of nitrogens with zero attached hydrogens (tertiary/aromatic N) is 3. The summed E-state index contributed by atoms with van der Waals surface area (Å²) in [5.74, 6) is -0.505. The van der Waals surface area contributed by atoms with Crippen molar-refractivity contribution in [1.82, 2.24) is 9.78 Å². The van der Waals surface area contributed by atoms with Crippen LogP contribution in [0.15, 0.2) is 42.6 Å². The molecular weight excluding hydrogens is 280 g/mol. The number of hydrogen-bond acceptors (Lipinski definition) is 4. The van der Waals surface area contributed by atoms with Gasteiger partial charge in [-0.2, -0.15) is 5.10 Å². The number of carbonyl (C=O) groups excluding carboxylic acids is 1. The maximum absolute atomic E-state index is 11.5. The van der Waals surface area contributed by atoms with Crippen LogP contribution in [-0.4, -0.2) is 34.9 Å². The van der Waals surface area contributed by atoms with Gasteiger partial charge in [-0.3, -0.25) is 4.79 Å². The van der Waals surface area contributed by atoms with Crippen LogP contribution in [0.1, 0.15) is 10.4 Å². The minimum Gasteiger partial charge on any atom is -0.507 e. The molecule has 0 saturated heterocycles. The molecule has 0 bridgehead atoms. The molecule has 0 atom stereocenters. The van der Waals surface area contributed by atoms with Gasteiger partial charge in [0.1, 0.15) is 11.3 Å². The predicted molar refractivity (Wildman–Crippen MR) is 85.6 cm³/mol. The summed E-state index contributed by atoms with van der Waals surface area (Å²) in [7, 11) is 3.93. The Hall–Kier alpha value is -3.02. The van der Waals surface area contributed by atoms with Gasteiger partial charge < -0.3 is 15.7 Å². The van der Waals surface area contributed by atoms with Crippen LogP contribution in [0.2, 0.25) is 0 Å². The van der Waals surface area contributed by atoms with E-state index >= 15 is 0 Å². The number of nitrogens with two attached hydrogens (primary N) is 1. The van der Waals surface area contributed by atoms with Crippen molar-refractivity contribution in [2.75, 3.05) is 19.0 Å². The van der Waals surface area contributed by atoms with Gasteiger partial charge in [0.25, 0.3) is 5.91 Å². The molecule has 0 aliphatic heterocycles. The highest BCUT2D eigenvalue weighted by Crippen LogP contribution is 2.28. The van der Waals surface area contributed by atoms with Crippen LogP contribution in [-0.2, 0) is 0 Å². The molecular formula is C16H16N4O2. The first-order chi connectivity index (χ1) is 10.5. The normalized spacial score (nSPS) is 10.8. The quantitative estimate of drug-likeness (QED) is 0.773. The molecule has 0 spiro atoms. The summed E-state index contributed by atoms with van der Waals surface area (Å²) >= 11 is 0. The molecule has 1 heterocycles. The van der Waals surface area contributed by atoms with E-state index in [1.54, 1.807) is 10.9 Å².